The molecule has 152 valence electrons. The molecule has 0 N–H and O–H groups in total. The Balaban J connectivity index is 0.000000368. The molecule has 25 heavy (non-hydrogen) atoms. The first-order valence-corrected chi connectivity index (χ1v) is 10.8. The molecular weight excluding hydrogens is 340 g/mol. The van der Waals surface area contributed by atoms with Crippen molar-refractivity contribution in [3.8, 4) is 0 Å². The van der Waals surface area contributed by atoms with Gasteiger partial charge in [0.1, 0.15) is 0 Å². The van der Waals surface area contributed by atoms with Gasteiger partial charge in [0.25, 0.3) is 0 Å². The van der Waals surface area contributed by atoms with Crippen LogP contribution >= 0.6 is 0 Å². The van der Waals surface area contributed by atoms with Crippen molar-refractivity contribution in [1.29, 1.82) is 0 Å². The third-order valence-corrected chi connectivity index (χ3v) is 5.34. The standard InChI is InChI=1S/2C9H20N.H2O4S/c2*1-10(2,3)9-7-5-4-6-8-9;1-5(2,3)4/h2*9H,4-8H2,1-3H3;(H2,1,2,3,4)/q2*+1;/p-2. The summed E-state index contributed by atoms with van der Waals surface area (Å²) in [6.45, 7) is 0. The molecule has 0 amide bonds. The molecule has 2 aliphatic rings. The summed E-state index contributed by atoms with van der Waals surface area (Å²) < 4.78 is 36.4. The lowest BCUT2D eigenvalue weighted by Crippen LogP contribution is -2.45. The van der Waals surface area contributed by atoms with E-state index >= 15 is 0 Å². The molecule has 2 aliphatic carbocycles. The highest BCUT2D eigenvalue weighted by atomic mass is 32.3. The summed E-state index contributed by atoms with van der Waals surface area (Å²) in [5.74, 6) is 0. The van der Waals surface area contributed by atoms with Crippen LogP contribution in [0.25, 0.3) is 0 Å². The lowest BCUT2D eigenvalue weighted by molar-refractivity contribution is -0.897. The topological polar surface area (TPSA) is 80.3 Å². The van der Waals surface area contributed by atoms with Crippen molar-refractivity contribution in [2.45, 2.75) is 76.3 Å². The molecule has 0 radical (unpaired) electrons. The smallest absolute Gasteiger partial charge is 0.0884 e. The van der Waals surface area contributed by atoms with Gasteiger partial charge in [0.15, 0.2) is 0 Å². The molecule has 0 aromatic carbocycles. The maximum absolute atomic E-state index is 8.52. The molecule has 2 rings (SSSR count). The summed E-state index contributed by atoms with van der Waals surface area (Å²) in [7, 11) is 8.73. The summed E-state index contributed by atoms with van der Waals surface area (Å²) in [4.78, 5) is 0. The largest absolute Gasteiger partial charge is 0.759 e. The molecule has 0 unspecified atom stereocenters. The summed E-state index contributed by atoms with van der Waals surface area (Å²) in [5, 5.41) is 0. The van der Waals surface area contributed by atoms with Crippen molar-refractivity contribution in [3.05, 3.63) is 0 Å². The normalized spacial score (nSPS) is 20.8. The zero-order valence-corrected chi connectivity index (χ0v) is 18.0. The summed E-state index contributed by atoms with van der Waals surface area (Å²) >= 11 is 0. The summed E-state index contributed by atoms with van der Waals surface area (Å²) in [5.41, 5.74) is 0. The van der Waals surface area contributed by atoms with Gasteiger partial charge in [-0.25, -0.2) is 0 Å². The molecule has 0 aromatic rings. The van der Waals surface area contributed by atoms with Crippen molar-refractivity contribution in [3.63, 3.8) is 0 Å². The molecule has 0 saturated heterocycles. The Morgan fingerprint density at radius 1 is 0.600 bits per heavy atom. The zero-order chi connectivity index (χ0) is 19.7. The molecule has 0 aromatic heterocycles. The van der Waals surface area contributed by atoms with E-state index in [1.807, 2.05) is 0 Å². The van der Waals surface area contributed by atoms with E-state index in [-0.39, 0.29) is 0 Å². The molecule has 6 nitrogen and oxygen atoms in total. The molecule has 7 heteroatoms. The Kier molecular flexibility index (Phi) is 10.7. The SMILES string of the molecule is C[N+](C)(C)C1CCCCC1.C[N+](C)(C)C1CCCCC1.O=S(=O)([O-])[O-]. The fourth-order valence-corrected chi connectivity index (χ4v) is 3.71. The first kappa shape index (κ1) is 24.8. The monoisotopic (exact) mass is 380 g/mol. The molecule has 2 saturated carbocycles. The maximum atomic E-state index is 8.52. The predicted molar refractivity (Wildman–Crippen MR) is 100 cm³/mol. The number of hydrogen-bond donors (Lipinski definition) is 0. The Hall–Kier alpha value is -0.210. The van der Waals surface area contributed by atoms with Crippen LogP contribution in [0.1, 0.15) is 64.2 Å². The molecule has 0 aliphatic heterocycles. The van der Waals surface area contributed by atoms with Gasteiger partial charge in [0.05, 0.1) is 54.4 Å². The average Bonchev–Trinajstić information content (AvgIpc) is 2.46. The Bertz CT molecular complexity index is 405. The van der Waals surface area contributed by atoms with Crippen LogP contribution in [0.4, 0.5) is 0 Å². The first-order valence-electron chi connectivity index (χ1n) is 9.50. The lowest BCUT2D eigenvalue weighted by Gasteiger charge is -2.36. The molecule has 0 atom stereocenters. The van der Waals surface area contributed by atoms with E-state index in [0.717, 1.165) is 12.1 Å². The van der Waals surface area contributed by atoms with Gasteiger partial charge in [-0.1, -0.05) is 12.8 Å². The highest BCUT2D eigenvalue weighted by Crippen LogP contribution is 2.24. The van der Waals surface area contributed by atoms with Crippen LogP contribution in [-0.2, 0) is 10.4 Å². The fraction of sp³-hybridized carbons (Fsp3) is 1.00. The van der Waals surface area contributed by atoms with Crippen LogP contribution in [0.5, 0.6) is 0 Å². The van der Waals surface area contributed by atoms with E-state index in [0.29, 0.717) is 0 Å². The van der Waals surface area contributed by atoms with Crippen LogP contribution in [0.15, 0.2) is 0 Å². The minimum atomic E-state index is -5.17. The van der Waals surface area contributed by atoms with Crippen molar-refractivity contribution in [1.82, 2.24) is 0 Å². The van der Waals surface area contributed by atoms with E-state index in [1.165, 1.54) is 73.2 Å². The Morgan fingerprint density at radius 3 is 0.920 bits per heavy atom. The van der Waals surface area contributed by atoms with E-state index in [2.05, 4.69) is 42.3 Å². The van der Waals surface area contributed by atoms with Crippen LogP contribution in [-0.4, -0.2) is 80.9 Å². The minimum absolute atomic E-state index is 0.939. The van der Waals surface area contributed by atoms with Gasteiger partial charge in [0, 0.05) is 10.4 Å². The second-order valence-corrected chi connectivity index (χ2v) is 10.0. The number of rotatable bonds is 2. The van der Waals surface area contributed by atoms with Gasteiger partial charge in [-0.2, -0.15) is 0 Å². The second-order valence-electron chi connectivity index (χ2n) is 9.22. The van der Waals surface area contributed by atoms with Crippen molar-refractivity contribution in [2.75, 3.05) is 42.3 Å². The van der Waals surface area contributed by atoms with E-state index in [1.54, 1.807) is 0 Å². The van der Waals surface area contributed by atoms with Gasteiger partial charge in [-0.05, 0) is 51.4 Å². The molecule has 0 spiro atoms. The van der Waals surface area contributed by atoms with Gasteiger partial charge >= 0.3 is 0 Å². The van der Waals surface area contributed by atoms with Crippen LogP contribution < -0.4 is 0 Å². The first-order chi connectivity index (χ1) is 11.2. The summed E-state index contributed by atoms with van der Waals surface area (Å²) in [6.07, 6.45) is 14.6. The van der Waals surface area contributed by atoms with Crippen LogP contribution in [0, 0.1) is 0 Å². The number of hydrogen-bond acceptors (Lipinski definition) is 4. The van der Waals surface area contributed by atoms with Gasteiger partial charge in [0.2, 0.25) is 0 Å². The predicted octanol–water partition coefficient (Wildman–Crippen LogP) is 2.71. The average molecular weight is 381 g/mol. The highest BCUT2D eigenvalue weighted by Gasteiger charge is 2.25. The molecule has 0 heterocycles. The van der Waals surface area contributed by atoms with Crippen LogP contribution in [0.2, 0.25) is 0 Å². The van der Waals surface area contributed by atoms with Crippen LogP contribution in [0.3, 0.4) is 0 Å². The molecule has 0 bridgehead atoms. The van der Waals surface area contributed by atoms with Crippen molar-refractivity contribution >= 4 is 10.4 Å². The van der Waals surface area contributed by atoms with E-state index < -0.39 is 10.4 Å². The fourth-order valence-electron chi connectivity index (χ4n) is 3.71. The molecule has 2 fully saturated rings. The lowest BCUT2D eigenvalue weighted by atomic mass is 9.94. The zero-order valence-electron chi connectivity index (χ0n) is 17.2. The third kappa shape index (κ3) is 14.6. The van der Waals surface area contributed by atoms with E-state index in [9.17, 15) is 0 Å². The second kappa shape index (κ2) is 10.8. The highest BCUT2D eigenvalue weighted by molar-refractivity contribution is 7.79. The van der Waals surface area contributed by atoms with Gasteiger partial charge < -0.3 is 18.1 Å². The van der Waals surface area contributed by atoms with E-state index in [4.69, 9.17) is 17.5 Å². The quantitative estimate of drug-likeness (QED) is 0.419. The number of nitrogens with zero attached hydrogens (tertiary/aromatic N) is 2. The minimum Gasteiger partial charge on any atom is -0.759 e. The third-order valence-electron chi connectivity index (χ3n) is 5.34. The Labute approximate surface area is 156 Å². The molecular formula is C18H40N2O4S. The summed E-state index contributed by atoms with van der Waals surface area (Å²) in [6, 6.07) is 1.88. The van der Waals surface area contributed by atoms with Crippen molar-refractivity contribution < 1.29 is 26.5 Å². The maximum Gasteiger partial charge on any atom is 0.0884 e. The van der Waals surface area contributed by atoms with Gasteiger partial charge in [-0.3, -0.25) is 8.42 Å². The number of quaternary nitrogens is 2. The van der Waals surface area contributed by atoms with Crippen molar-refractivity contribution in [2.24, 2.45) is 0 Å². The van der Waals surface area contributed by atoms with Gasteiger partial charge in [-0.15, -0.1) is 0 Å². The Morgan fingerprint density at radius 2 is 0.800 bits per heavy atom.